The number of pyridine rings is 1. The monoisotopic (exact) mass is 718 g/mol. The largest absolute Gasteiger partial charge is 0.381 e. The number of rotatable bonds is 6. The zero-order chi connectivity index (χ0) is 37.0. The van der Waals surface area contributed by atoms with Gasteiger partial charge in [-0.1, -0.05) is 84.9 Å². The van der Waals surface area contributed by atoms with Crippen LogP contribution in [-0.2, 0) is 0 Å². The molecule has 264 valence electrons. The van der Waals surface area contributed by atoms with Crippen LogP contribution >= 0.6 is 0 Å². The second kappa shape index (κ2) is 13.1. The summed E-state index contributed by atoms with van der Waals surface area (Å²) in [6, 6.07) is 59.9. The highest BCUT2D eigenvalue weighted by Gasteiger charge is 2.19. The molecule has 11 rings (SSSR count). The summed E-state index contributed by atoms with van der Waals surface area (Å²) in [5, 5.41) is 4.55. The van der Waals surface area contributed by atoms with Gasteiger partial charge in [-0.15, -0.1) is 0 Å². The quantitative estimate of drug-likeness (QED) is 0.186. The van der Waals surface area contributed by atoms with Crippen LogP contribution in [0.25, 0.3) is 95.5 Å². The number of imidazole rings is 2. The first-order valence-corrected chi connectivity index (χ1v) is 18.9. The fraction of sp³-hybridized carbons (Fsp3) is 0.0200. The van der Waals surface area contributed by atoms with Crippen LogP contribution in [0.5, 0.6) is 0 Å². The van der Waals surface area contributed by atoms with E-state index in [0.717, 1.165) is 102 Å². The number of nitrogens with zero attached hydrogens (tertiary/aromatic N) is 5. The highest BCUT2D eigenvalue weighted by atomic mass is 15.1. The van der Waals surface area contributed by atoms with Gasteiger partial charge < -0.3 is 5.32 Å². The van der Waals surface area contributed by atoms with Crippen molar-refractivity contribution >= 4 is 44.7 Å². The summed E-state index contributed by atoms with van der Waals surface area (Å²) >= 11 is 0. The average Bonchev–Trinajstić information content (AvgIpc) is 3.85. The number of benzene rings is 7. The molecule has 10 aromatic rings. The third-order valence-corrected chi connectivity index (χ3v) is 10.7. The zero-order valence-electron chi connectivity index (χ0n) is 30.3. The lowest BCUT2D eigenvalue weighted by Gasteiger charge is -2.15. The molecule has 1 aliphatic rings. The van der Waals surface area contributed by atoms with Gasteiger partial charge in [-0.05, 0) is 125 Å². The molecule has 1 N–H and O–H groups in total. The first-order valence-electron chi connectivity index (χ1n) is 18.9. The summed E-state index contributed by atoms with van der Waals surface area (Å²) < 4.78 is 4.52. The first kappa shape index (κ1) is 31.9. The second-order valence-electron chi connectivity index (χ2n) is 14.2. The van der Waals surface area contributed by atoms with E-state index in [9.17, 15) is 0 Å². The van der Waals surface area contributed by atoms with Gasteiger partial charge >= 0.3 is 0 Å². The van der Waals surface area contributed by atoms with E-state index in [1.54, 1.807) is 0 Å². The molecule has 7 aromatic carbocycles. The van der Waals surface area contributed by atoms with Crippen molar-refractivity contribution in [2.45, 2.75) is 0 Å². The summed E-state index contributed by atoms with van der Waals surface area (Å²) in [5.41, 5.74) is 16.0. The van der Waals surface area contributed by atoms with Gasteiger partial charge in [0.05, 0.1) is 27.6 Å². The van der Waals surface area contributed by atoms with Crippen LogP contribution in [0.3, 0.4) is 0 Å². The molecule has 3 aromatic heterocycles. The van der Waals surface area contributed by atoms with Gasteiger partial charge in [-0.2, -0.15) is 0 Å². The maximum Gasteiger partial charge on any atom is 0.145 e. The van der Waals surface area contributed by atoms with Crippen molar-refractivity contribution in [3.8, 4) is 56.4 Å². The summed E-state index contributed by atoms with van der Waals surface area (Å²) in [6.07, 6.45) is 6.17. The molecule has 0 saturated carbocycles. The van der Waals surface area contributed by atoms with Crippen LogP contribution in [-0.4, -0.2) is 30.6 Å². The van der Waals surface area contributed by atoms with Gasteiger partial charge in [0.15, 0.2) is 0 Å². The minimum Gasteiger partial charge on any atom is -0.381 e. The Kier molecular flexibility index (Phi) is 7.45. The normalized spacial score (nSPS) is 12.3. The Balaban J connectivity index is 1.00. The van der Waals surface area contributed by atoms with E-state index in [1.807, 2.05) is 18.3 Å². The van der Waals surface area contributed by atoms with E-state index < -0.39 is 0 Å². The Morgan fingerprint density at radius 1 is 0.446 bits per heavy atom. The van der Waals surface area contributed by atoms with Gasteiger partial charge in [0.1, 0.15) is 11.6 Å². The van der Waals surface area contributed by atoms with E-state index in [0.29, 0.717) is 0 Å². The summed E-state index contributed by atoms with van der Waals surface area (Å²) in [4.78, 5) is 15.1. The lowest BCUT2D eigenvalue weighted by molar-refractivity contribution is 1.10. The van der Waals surface area contributed by atoms with E-state index in [4.69, 9.17) is 9.97 Å². The van der Waals surface area contributed by atoms with Crippen molar-refractivity contribution in [2.75, 3.05) is 11.9 Å². The number of nitrogens with one attached hydrogen (secondary N) is 1. The van der Waals surface area contributed by atoms with E-state index in [1.165, 1.54) is 5.56 Å². The van der Waals surface area contributed by atoms with Crippen molar-refractivity contribution in [1.29, 1.82) is 0 Å². The van der Waals surface area contributed by atoms with Gasteiger partial charge in [0.2, 0.25) is 0 Å². The Labute approximate surface area is 323 Å². The third-order valence-electron chi connectivity index (χ3n) is 10.7. The number of para-hydroxylation sites is 2. The SMILES string of the molecule is C1=Cc2cc(-c3nc4cc(-c5cccc(-c6ccc7c(c6)nc(-c6ccc8ncccc8c6)n7-c6ccccc6)c5)ccc4n3-c3ccccc3)ccc2NC1. The predicted molar refractivity (Wildman–Crippen MR) is 230 cm³/mol. The molecule has 0 unspecified atom stereocenters. The van der Waals surface area contributed by atoms with Crippen molar-refractivity contribution in [2.24, 2.45) is 0 Å². The summed E-state index contributed by atoms with van der Waals surface area (Å²) in [7, 11) is 0. The van der Waals surface area contributed by atoms with Crippen LogP contribution in [0.1, 0.15) is 5.56 Å². The van der Waals surface area contributed by atoms with Gasteiger partial charge in [-0.3, -0.25) is 14.1 Å². The first-order chi connectivity index (χ1) is 27.7. The molecule has 56 heavy (non-hydrogen) atoms. The highest BCUT2D eigenvalue weighted by Crippen LogP contribution is 2.36. The topological polar surface area (TPSA) is 60.6 Å². The maximum atomic E-state index is 5.29. The van der Waals surface area contributed by atoms with Crippen LogP contribution in [0.15, 0.2) is 182 Å². The second-order valence-corrected chi connectivity index (χ2v) is 14.2. The standard InChI is InChI=1S/C50H34N6/c1-3-14-41(15-4-1)55-47-24-20-35(31-45(47)53-49(55)39-18-22-43-37(29-39)12-8-26-51-43)33-10-7-11-34(28-33)36-21-25-48-46(32-36)54-50(56(48)42-16-5-2-6-17-42)40-19-23-44-38(30-40)13-9-27-52-44/h1-26,28-32,52H,27H2. The fourth-order valence-electron chi connectivity index (χ4n) is 8.03. The van der Waals surface area contributed by atoms with Crippen LogP contribution in [0, 0.1) is 0 Å². The van der Waals surface area contributed by atoms with Crippen LogP contribution < -0.4 is 5.32 Å². The summed E-state index contributed by atoms with van der Waals surface area (Å²) in [5.74, 6) is 1.82. The molecule has 4 heterocycles. The van der Waals surface area contributed by atoms with Crippen LogP contribution in [0.2, 0.25) is 0 Å². The third kappa shape index (κ3) is 5.46. The molecule has 0 atom stereocenters. The van der Waals surface area contributed by atoms with Gasteiger partial charge in [0, 0.05) is 46.3 Å². The number of hydrogen-bond acceptors (Lipinski definition) is 4. The fourth-order valence-corrected chi connectivity index (χ4v) is 8.03. The van der Waals surface area contributed by atoms with Crippen molar-refractivity contribution in [1.82, 2.24) is 24.1 Å². The highest BCUT2D eigenvalue weighted by molar-refractivity contribution is 5.92. The van der Waals surface area contributed by atoms with E-state index in [-0.39, 0.29) is 0 Å². The Morgan fingerprint density at radius 3 is 1.70 bits per heavy atom. The molecule has 0 bridgehead atoms. The Hall–Kier alpha value is -7.57. The molecule has 6 nitrogen and oxygen atoms in total. The van der Waals surface area contributed by atoms with Crippen molar-refractivity contribution in [3.63, 3.8) is 0 Å². The minimum atomic E-state index is 0.845. The van der Waals surface area contributed by atoms with E-state index in [2.05, 4.69) is 189 Å². The molecule has 6 heteroatoms. The molecular weight excluding hydrogens is 685 g/mol. The predicted octanol–water partition coefficient (Wildman–Crippen LogP) is 12.0. The molecule has 0 fully saturated rings. The van der Waals surface area contributed by atoms with Gasteiger partial charge in [-0.25, -0.2) is 9.97 Å². The summed E-state index contributed by atoms with van der Waals surface area (Å²) in [6.45, 7) is 0.845. The maximum absolute atomic E-state index is 5.29. The molecule has 0 spiro atoms. The number of anilines is 1. The van der Waals surface area contributed by atoms with Crippen molar-refractivity contribution in [3.05, 3.63) is 188 Å². The van der Waals surface area contributed by atoms with E-state index >= 15 is 0 Å². The average molecular weight is 719 g/mol. The zero-order valence-corrected chi connectivity index (χ0v) is 30.3. The Bertz CT molecular complexity index is 3140. The molecule has 0 aliphatic carbocycles. The lowest BCUT2D eigenvalue weighted by Crippen LogP contribution is -2.04. The molecular formula is C50H34N6. The van der Waals surface area contributed by atoms with Crippen molar-refractivity contribution < 1.29 is 0 Å². The minimum absolute atomic E-state index is 0.845. The molecule has 0 radical (unpaired) electrons. The molecule has 1 aliphatic heterocycles. The number of aromatic nitrogens is 5. The molecule has 0 amide bonds. The van der Waals surface area contributed by atoms with Gasteiger partial charge in [0.25, 0.3) is 0 Å². The Morgan fingerprint density at radius 2 is 1.04 bits per heavy atom. The lowest BCUT2D eigenvalue weighted by atomic mass is 9.98. The number of hydrogen-bond donors (Lipinski definition) is 1. The number of fused-ring (bicyclic) bond motifs is 4. The van der Waals surface area contributed by atoms with Crippen LogP contribution in [0.4, 0.5) is 5.69 Å². The molecule has 0 saturated heterocycles. The smallest absolute Gasteiger partial charge is 0.145 e.